The molecule has 8 nitrogen and oxygen atoms in total. The van der Waals surface area contributed by atoms with Gasteiger partial charge in [0.15, 0.2) is 6.29 Å². The fourth-order valence-electron chi connectivity index (χ4n) is 4.10. The number of hydrogen-bond acceptors (Lipinski definition) is 9. The van der Waals surface area contributed by atoms with E-state index >= 15 is 4.39 Å². The number of anilines is 2. The second-order valence-electron chi connectivity index (χ2n) is 8.35. The maximum absolute atomic E-state index is 15.0. The van der Waals surface area contributed by atoms with Crippen molar-refractivity contribution in [3.05, 3.63) is 53.2 Å². The number of piperidine rings is 1. The van der Waals surface area contributed by atoms with Crippen molar-refractivity contribution < 1.29 is 18.7 Å². The lowest BCUT2D eigenvalue weighted by Crippen LogP contribution is -2.37. The van der Waals surface area contributed by atoms with Crippen LogP contribution in [-0.2, 0) is 16.0 Å². The Morgan fingerprint density at radius 1 is 1.29 bits per heavy atom. The van der Waals surface area contributed by atoms with Gasteiger partial charge in [-0.25, -0.2) is 9.97 Å². The summed E-state index contributed by atoms with van der Waals surface area (Å²) in [5.74, 6) is -0.388. The van der Waals surface area contributed by atoms with Crippen molar-refractivity contribution in [2.24, 2.45) is 5.92 Å². The summed E-state index contributed by atoms with van der Waals surface area (Å²) in [4.78, 5) is 40.9. The molecule has 0 radical (unpaired) electrons. The maximum Gasteiger partial charge on any atom is 0.309 e. The zero-order valence-electron chi connectivity index (χ0n) is 19.8. The molecule has 4 heterocycles. The molecule has 1 fully saturated rings. The first-order valence-corrected chi connectivity index (χ1v) is 12.5. The minimum absolute atomic E-state index is 0.122. The van der Waals surface area contributed by atoms with Crippen LogP contribution < -0.4 is 9.80 Å². The summed E-state index contributed by atoms with van der Waals surface area (Å²) >= 11 is 1.17. The molecule has 1 aliphatic rings. The average molecular weight is 498 g/mol. The second kappa shape index (κ2) is 11.4. The topological polar surface area (TPSA) is 88.5 Å². The van der Waals surface area contributed by atoms with Crippen LogP contribution in [0.15, 0.2) is 36.7 Å². The van der Waals surface area contributed by atoms with E-state index in [-0.39, 0.29) is 17.5 Å². The van der Waals surface area contributed by atoms with Crippen LogP contribution in [0, 0.1) is 11.9 Å². The highest BCUT2D eigenvalue weighted by Gasteiger charge is 2.27. The number of likely N-dealkylation sites (N-methyl/N-ethyl adjacent to an activating group) is 1. The standard InChI is InChI=1S/C25H28FN5O3S/c1-3-34-25(33)17-8-13-31(14-9-17)22-7-6-19(23(26)29-22)24-28-20(21(16-32)35-24)10-12-30(2)18-5-4-11-27-15-18/h4-7,11,15-17H,3,8-10,12-14H2,1-2H3. The molecule has 0 aromatic carbocycles. The van der Waals surface area contributed by atoms with Gasteiger partial charge in [-0.3, -0.25) is 14.6 Å². The van der Waals surface area contributed by atoms with Gasteiger partial charge in [0.05, 0.1) is 40.5 Å². The van der Waals surface area contributed by atoms with E-state index in [1.165, 1.54) is 11.3 Å². The molecule has 3 aromatic heterocycles. The molecule has 0 N–H and O–H groups in total. The van der Waals surface area contributed by atoms with E-state index in [1.54, 1.807) is 31.5 Å². The number of carbonyl (C=O) groups excluding carboxylic acids is 2. The summed E-state index contributed by atoms with van der Waals surface area (Å²) < 4.78 is 20.1. The van der Waals surface area contributed by atoms with Crippen LogP contribution in [0.2, 0.25) is 0 Å². The van der Waals surface area contributed by atoms with Gasteiger partial charge in [0.25, 0.3) is 0 Å². The van der Waals surface area contributed by atoms with Crippen LogP contribution in [0.25, 0.3) is 10.6 Å². The molecule has 0 unspecified atom stereocenters. The lowest BCUT2D eigenvalue weighted by Gasteiger charge is -2.31. The van der Waals surface area contributed by atoms with Crippen LogP contribution in [0.1, 0.15) is 35.1 Å². The quantitative estimate of drug-likeness (QED) is 0.249. The Morgan fingerprint density at radius 2 is 2.09 bits per heavy atom. The van der Waals surface area contributed by atoms with Gasteiger partial charge in [-0.1, -0.05) is 0 Å². The molecular weight excluding hydrogens is 469 g/mol. The first kappa shape index (κ1) is 24.7. The number of ether oxygens (including phenoxy) is 1. The highest BCUT2D eigenvalue weighted by atomic mass is 32.1. The molecule has 10 heteroatoms. The van der Waals surface area contributed by atoms with Gasteiger partial charge in [-0.05, 0) is 44.0 Å². The molecule has 0 saturated carbocycles. The van der Waals surface area contributed by atoms with E-state index in [2.05, 4.69) is 15.0 Å². The predicted octanol–water partition coefficient (Wildman–Crippen LogP) is 4.01. The second-order valence-corrected chi connectivity index (χ2v) is 9.38. The predicted molar refractivity (Wildman–Crippen MR) is 133 cm³/mol. The summed E-state index contributed by atoms with van der Waals surface area (Å²) in [5.41, 5.74) is 1.88. The number of pyridine rings is 2. The zero-order valence-corrected chi connectivity index (χ0v) is 20.6. The maximum atomic E-state index is 15.0. The Hall–Kier alpha value is -3.40. The number of rotatable bonds is 9. The summed E-state index contributed by atoms with van der Waals surface area (Å²) in [7, 11) is 1.95. The molecule has 184 valence electrons. The Balaban J connectivity index is 1.43. The normalized spacial score (nSPS) is 14.1. The number of aromatic nitrogens is 3. The highest BCUT2D eigenvalue weighted by molar-refractivity contribution is 7.16. The Bertz CT molecular complexity index is 1170. The third-order valence-electron chi connectivity index (χ3n) is 6.11. The van der Waals surface area contributed by atoms with Crippen molar-refractivity contribution in [2.45, 2.75) is 26.2 Å². The first-order valence-electron chi connectivity index (χ1n) is 11.6. The fourth-order valence-corrected chi connectivity index (χ4v) is 5.04. The third kappa shape index (κ3) is 5.82. The minimum Gasteiger partial charge on any atom is -0.466 e. The van der Waals surface area contributed by atoms with Crippen molar-refractivity contribution >= 4 is 35.1 Å². The molecule has 0 aliphatic carbocycles. The Morgan fingerprint density at radius 3 is 2.74 bits per heavy atom. The summed E-state index contributed by atoms with van der Waals surface area (Å²) in [5, 5.41) is 0.434. The van der Waals surface area contributed by atoms with Gasteiger partial charge in [-0.2, -0.15) is 4.39 Å². The van der Waals surface area contributed by atoms with E-state index < -0.39 is 5.95 Å². The monoisotopic (exact) mass is 497 g/mol. The van der Waals surface area contributed by atoms with Gasteiger partial charge in [0, 0.05) is 39.3 Å². The van der Waals surface area contributed by atoms with Crippen LogP contribution in [0.5, 0.6) is 0 Å². The minimum atomic E-state index is -0.625. The van der Waals surface area contributed by atoms with Crippen LogP contribution >= 0.6 is 11.3 Å². The molecule has 3 aromatic rings. The number of nitrogens with zero attached hydrogens (tertiary/aromatic N) is 5. The van der Waals surface area contributed by atoms with Crippen LogP contribution in [0.3, 0.4) is 0 Å². The van der Waals surface area contributed by atoms with Crippen molar-refractivity contribution in [3.63, 3.8) is 0 Å². The summed E-state index contributed by atoms with van der Waals surface area (Å²) in [6, 6.07) is 7.25. The summed E-state index contributed by atoms with van der Waals surface area (Å²) in [6.45, 7) is 4.02. The Labute approximate surface area is 207 Å². The van der Waals surface area contributed by atoms with Crippen molar-refractivity contribution in [1.82, 2.24) is 15.0 Å². The van der Waals surface area contributed by atoms with Gasteiger partial charge < -0.3 is 14.5 Å². The number of aldehydes is 1. The smallest absolute Gasteiger partial charge is 0.309 e. The van der Waals surface area contributed by atoms with Crippen molar-refractivity contribution in [3.8, 4) is 10.6 Å². The number of hydrogen-bond donors (Lipinski definition) is 0. The zero-order chi connectivity index (χ0) is 24.8. The fraction of sp³-hybridized carbons (Fsp3) is 0.400. The molecule has 35 heavy (non-hydrogen) atoms. The van der Waals surface area contributed by atoms with E-state index in [0.29, 0.717) is 66.9 Å². The molecule has 0 atom stereocenters. The largest absolute Gasteiger partial charge is 0.466 e. The molecule has 0 amide bonds. The van der Waals surface area contributed by atoms with Gasteiger partial charge >= 0.3 is 5.97 Å². The van der Waals surface area contributed by atoms with E-state index in [1.807, 2.05) is 29.0 Å². The number of halogens is 1. The average Bonchev–Trinajstić information content (AvgIpc) is 3.31. The lowest BCUT2D eigenvalue weighted by molar-refractivity contribution is -0.148. The van der Waals surface area contributed by atoms with Crippen molar-refractivity contribution in [2.75, 3.05) is 43.1 Å². The van der Waals surface area contributed by atoms with E-state index in [9.17, 15) is 9.59 Å². The van der Waals surface area contributed by atoms with Crippen LogP contribution in [0.4, 0.5) is 15.9 Å². The van der Waals surface area contributed by atoms with Gasteiger partial charge in [0.2, 0.25) is 5.95 Å². The van der Waals surface area contributed by atoms with Crippen LogP contribution in [-0.4, -0.2) is 60.5 Å². The summed E-state index contributed by atoms with van der Waals surface area (Å²) in [6.07, 6.45) is 6.10. The number of thiazole rings is 1. The Kier molecular flexibility index (Phi) is 8.02. The van der Waals surface area contributed by atoms with Gasteiger partial charge in [0.1, 0.15) is 10.8 Å². The van der Waals surface area contributed by atoms with E-state index in [0.717, 1.165) is 12.0 Å². The molecule has 0 bridgehead atoms. The molecule has 1 saturated heterocycles. The number of carbonyl (C=O) groups is 2. The molecule has 4 rings (SSSR count). The SMILES string of the molecule is CCOC(=O)C1CCN(c2ccc(-c3nc(CCN(C)c4cccnc4)c(C=O)s3)c(F)n2)CC1. The van der Waals surface area contributed by atoms with E-state index in [4.69, 9.17) is 4.74 Å². The molecule has 0 spiro atoms. The van der Waals surface area contributed by atoms with Gasteiger partial charge in [-0.15, -0.1) is 11.3 Å². The first-order chi connectivity index (χ1) is 17.0. The molecule has 1 aliphatic heterocycles. The highest BCUT2D eigenvalue weighted by Crippen LogP contribution is 2.31. The third-order valence-corrected chi connectivity index (χ3v) is 7.16. The molecular formula is C25H28FN5O3S. The van der Waals surface area contributed by atoms with Crippen molar-refractivity contribution in [1.29, 1.82) is 0 Å². The lowest BCUT2D eigenvalue weighted by atomic mass is 9.97. The number of esters is 1.